The Labute approximate surface area is 191 Å². The number of alkyl halides is 3. The molecule has 2 aromatic rings. The minimum absolute atomic E-state index is 0.104. The Hall–Kier alpha value is -3.96. The number of hydrogen-bond donors (Lipinski definition) is 2. The van der Waals surface area contributed by atoms with Crippen molar-refractivity contribution in [3.05, 3.63) is 65.0 Å². The predicted octanol–water partition coefficient (Wildman–Crippen LogP) is 2.13. The normalized spacial score (nSPS) is 13.9. The van der Waals surface area contributed by atoms with Gasteiger partial charge in [-0.3, -0.25) is 19.2 Å². The zero-order chi connectivity index (χ0) is 25.0. The Kier molecular flexibility index (Phi) is 7.18. The number of rotatable bonds is 3. The molecule has 0 aromatic heterocycles. The topological polar surface area (TPSA) is 98.8 Å². The van der Waals surface area contributed by atoms with Crippen LogP contribution < -0.4 is 10.6 Å². The van der Waals surface area contributed by atoms with E-state index >= 15 is 0 Å². The van der Waals surface area contributed by atoms with Crippen LogP contribution in [0.1, 0.15) is 26.3 Å². The molecular weight excluding hydrogens is 460 g/mol. The molecule has 8 nitrogen and oxygen atoms in total. The van der Waals surface area contributed by atoms with Crippen LogP contribution in [0.25, 0.3) is 0 Å². The third kappa shape index (κ3) is 5.50. The number of nitrogens with one attached hydrogen (secondary N) is 2. The van der Waals surface area contributed by atoms with Crippen molar-refractivity contribution < 1.29 is 36.7 Å². The summed E-state index contributed by atoms with van der Waals surface area (Å²) in [6, 6.07) is 7.59. The maximum Gasteiger partial charge on any atom is 0.417 e. The van der Waals surface area contributed by atoms with Crippen LogP contribution in [0.15, 0.2) is 42.5 Å². The molecule has 0 spiro atoms. The van der Waals surface area contributed by atoms with Gasteiger partial charge < -0.3 is 20.4 Å². The summed E-state index contributed by atoms with van der Waals surface area (Å²) in [4.78, 5) is 51.4. The van der Waals surface area contributed by atoms with Gasteiger partial charge in [0, 0.05) is 44.5 Å². The quantitative estimate of drug-likeness (QED) is 0.520. The van der Waals surface area contributed by atoms with Crippen molar-refractivity contribution in [2.24, 2.45) is 0 Å². The fraction of sp³-hybridized carbons (Fsp3) is 0.273. The SMILES string of the molecule is CNC(=O)c1cccc(NC(=O)C(=O)N2CCN(C(=O)c3cc(F)ccc3C(F)(F)F)CC2)c1. The summed E-state index contributed by atoms with van der Waals surface area (Å²) in [5.74, 6) is -4.26. The minimum atomic E-state index is -4.84. The highest BCUT2D eigenvalue weighted by atomic mass is 19.4. The van der Waals surface area contributed by atoms with Crippen molar-refractivity contribution >= 4 is 29.3 Å². The van der Waals surface area contributed by atoms with Crippen LogP contribution >= 0.6 is 0 Å². The van der Waals surface area contributed by atoms with E-state index in [1.54, 1.807) is 0 Å². The maximum absolute atomic E-state index is 13.5. The van der Waals surface area contributed by atoms with Gasteiger partial charge in [-0.15, -0.1) is 0 Å². The molecule has 4 amide bonds. The minimum Gasteiger partial charge on any atom is -0.355 e. The summed E-state index contributed by atoms with van der Waals surface area (Å²) in [7, 11) is 1.44. The second kappa shape index (κ2) is 9.89. The first-order valence-corrected chi connectivity index (χ1v) is 10.1. The summed E-state index contributed by atoms with van der Waals surface area (Å²) in [6.45, 7) is -0.491. The lowest BCUT2D eigenvalue weighted by Gasteiger charge is -2.34. The number of piperazine rings is 1. The molecule has 0 aliphatic carbocycles. The molecule has 12 heteroatoms. The Balaban J connectivity index is 1.63. The van der Waals surface area contributed by atoms with Crippen molar-refractivity contribution in [3.8, 4) is 0 Å². The van der Waals surface area contributed by atoms with Crippen molar-refractivity contribution in [2.45, 2.75) is 6.18 Å². The average molecular weight is 480 g/mol. The first-order chi connectivity index (χ1) is 16.0. The number of carbonyl (C=O) groups is 4. The molecule has 0 atom stereocenters. The Morgan fingerprint density at radius 2 is 1.56 bits per heavy atom. The van der Waals surface area contributed by atoms with E-state index in [2.05, 4.69) is 10.6 Å². The third-order valence-electron chi connectivity index (χ3n) is 5.18. The van der Waals surface area contributed by atoms with E-state index in [4.69, 9.17) is 0 Å². The summed E-state index contributed by atoms with van der Waals surface area (Å²) >= 11 is 0. The van der Waals surface area contributed by atoms with Crippen LogP contribution in [0, 0.1) is 5.82 Å². The second-order valence-corrected chi connectivity index (χ2v) is 7.39. The number of nitrogens with zero attached hydrogens (tertiary/aromatic N) is 2. The molecule has 1 heterocycles. The summed E-state index contributed by atoms with van der Waals surface area (Å²) in [6.07, 6.45) is -4.84. The van der Waals surface area contributed by atoms with E-state index in [0.29, 0.717) is 18.2 Å². The monoisotopic (exact) mass is 480 g/mol. The number of hydrogen-bond acceptors (Lipinski definition) is 4. The molecule has 0 unspecified atom stereocenters. The average Bonchev–Trinajstić information content (AvgIpc) is 2.82. The van der Waals surface area contributed by atoms with Crippen LogP contribution in [0.5, 0.6) is 0 Å². The molecule has 2 N–H and O–H groups in total. The van der Waals surface area contributed by atoms with Gasteiger partial charge in [0.1, 0.15) is 5.82 Å². The predicted molar refractivity (Wildman–Crippen MR) is 112 cm³/mol. The number of carbonyl (C=O) groups excluding carboxylic acids is 4. The van der Waals surface area contributed by atoms with Gasteiger partial charge in [0.05, 0.1) is 11.1 Å². The molecule has 1 fully saturated rings. The van der Waals surface area contributed by atoms with E-state index in [-0.39, 0.29) is 43.3 Å². The highest BCUT2D eigenvalue weighted by molar-refractivity contribution is 6.39. The van der Waals surface area contributed by atoms with Crippen LogP contribution in [-0.4, -0.2) is 66.7 Å². The van der Waals surface area contributed by atoms with Crippen LogP contribution in [-0.2, 0) is 15.8 Å². The van der Waals surface area contributed by atoms with Gasteiger partial charge in [-0.2, -0.15) is 13.2 Å². The van der Waals surface area contributed by atoms with Crippen LogP contribution in [0.4, 0.5) is 23.2 Å². The number of halogens is 4. The Bertz CT molecular complexity index is 1130. The van der Waals surface area contributed by atoms with Crippen molar-refractivity contribution in [1.29, 1.82) is 0 Å². The maximum atomic E-state index is 13.5. The van der Waals surface area contributed by atoms with E-state index in [1.807, 2.05) is 0 Å². The zero-order valence-electron chi connectivity index (χ0n) is 17.9. The molecule has 1 aliphatic rings. The Morgan fingerprint density at radius 3 is 2.18 bits per heavy atom. The summed E-state index contributed by atoms with van der Waals surface area (Å²) < 4.78 is 53.2. The number of amides is 4. The van der Waals surface area contributed by atoms with Gasteiger partial charge in [-0.1, -0.05) is 6.07 Å². The van der Waals surface area contributed by atoms with Crippen molar-refractivity contribution in [3.63, 3.8) is 0 Å². The first kappa shape index (κ1) is 24.7. The number of anilines is 1. The summed E-state index contributed by atoms with van der Waals surface area (Å²) in [5, 5.41) is 4.82. The zero-order valence-corrected chi connectivity index (χ0v) is 17.9. The molecule has 0 bridgehead atoms. The van der Waals surface area contributed by atoms with E-state index in [9.17, 15) is 36.7 Å². The molecule has 3 rings (SSSR count). The standard InChI is InChI=1S/C22H20F4N4O4/c1-27-18(31)13-3-2-4-15(11-13)28-19(32)21(34)30-9-7-29(8-10-30)20(33)16-12-14(23)5-6-17(16)22(24,25)26/h2-6,11-12H,7-10H2,1H3,(H,27,31)(H,28,32). The molecule has 0 radical (unpaired) electrons. The first-order valence-electron chi connectivity index (χ1n) is 10.1. The molecule has 180 valence electrons. The van der Waals surface area contributed by atoms with Gasteiger partial charge in [0.2, 0.25) is 0 Å². The van der Waals surface area contributed by atoms with Crippen LogP contribution in [0.2, 0.25) is 0 Å². The van der Waals surface area contributed by atoms with Crippen molar-refractivity contribution in [1.82, 2.24) is 15.1 Å². The fourth-order valence-electron chi connectivity index (χ4n) is 3.43. The highest BCUT2D eigenvalue weighted by Crippen LogP contribution is 2.33. The smallest absolute Gasteiger partial charge is 0.355 e. The third-order valence-corrected chi connectivity index (χ3v) is 5.18. The molecule has 1 saturated heterocycles. The fourth-order valence-corrected chi connectivity index (χ4v) is 3.43. The lowest BCUT2D eigenvalue weighted by atomic mass is 10.0. The van der Waals surface area contributed by atoms with Gasteiger partial charge in [-0.05, 0) is 36.4 Å². The molecular formula is C22H20F4N4O4. The Morgan fingerprint density at radius 1 is 0.912 bits per heavy atom. The van der Waals surface area contributed by atoms with Gasteiger partial charge >= 0.3 is 18.0 Å². The second-order valence-electron chi connectivity index (χ2n) is 7.39. The molecule has 2 aromatic carbocycles. The lowest BCUT2D eigenvalue weighted by molar-refractivity contribution is -0.144. The lowest BCUT2D eigenvalue weighted by Crippen LogP contribution is -2.53. The highest BCUT2D eigenvalue weighted by Gasteiger charge is 2.37. The van der Waals surface area contributed by atoms with Gasteiger partial charge in [0.15, 0.2) is 0 Å². The van der Waals surface area contributed by atoms with E-state index < -0.39 is 40.8 Å². The van der Waals surface area contributed by atoms with Crippen molar-refractivity contribution in [2.75, 3.05) is 38.5 Å². The molecule has 0 saturated carbocycles. The largest absolute Gasteiger partial charge is 0.417 e. The molecule has 34 heavy (non-hydrogen) atoms. The summed E-state index contributed by atoms with van der Waals surface area (Å²) in [5.41, 5.74) is -1.58. The van der Waals surface area contributed by atoms with E-state index in [0.717, 1.165) is 9.80 Å². The van der Waals surface area contributed by atoms with Crippen LogP contribution in [0.3, 0.4) is 0 Å². The van der Waals surface area contributed by atoms with Gasteiger partial charge in [0.25, 0.3) is 11.8 Å². The van der Waals surface area contributed by atoms with E-state index in [1.165, 1.54) is 31.3 Å². The number of benzene rings is 2. The molecule has 1 aliphatic heterocycles. The van der Waals surface area contributed by atoms with Gasteiger partial charge in [-0.25, -0.2) is 4.39 Å².